The fourth-order valence-corrected chi connectivity index (χ4v) is 24.4. The summed E-state index contributed by atoms with van der Waals surface area (Å²) in [6, 6.07) is 55.5. The molecule has 23 heteroatoms. The Balaban J connectivity index is 0.000000116. The van der Waals surface area contributed by atoms with Gasteiger partial charge >= 0.3 is 0 Å². The molecule has 9 aliphatic carbocycles. The molecule has 9 aliphatic rings. The van der Waals surface area contributed by atoms with Gasteiger partial charge in [-0.15, -0.1) is 0 Å². The first-order valence-electron chi connectivity index (χ1n) is 49.1. The SMILES string of the molecule is [C-]#[N+]C1=C[C@@]2(C)c3nc(-c4cc(C)nc5ccccc45)nc(-c4ccc(C)cc4)c3CC[C@@H]2[C@@H](C)C1=O.[C-]#[N+]C1=C[C@@]2(C)c3nc(-c4cc(C)nc5ccccc45)nc(-c4cccc(C)c4)c3CC[C@@H]2[C@@H](C)C1=O.[C-]#[N+]C1=C[C@@]2(C)c3nc(-c4cc(C)ncn4)nc(-c4ccccc4F)c3CC[C@@H]2[C@@H](C)C1=O.[C-]#[N+]C1=C[C@@]2(C)c3nc(-c4ccnc5ccccc45)nc(OC4CCCC4)c3CC[C@@H]2[C@@H](C)C1=O. The van der Waals surface area contributed by atoms with Gasteiger partial charge in [0.2, 0.25) is 28.7 Å². The molecule has 12 atom stereocenters. The third-order valence-corrected chi connectivity index (χ3v) is 31.7. The van der Waals surface area contributed by atoms with Gasteiger partial charge in [0, 0.05) is 140 Å². The summed E-state index contributed by atoms with van der Waals surface area (Å²) in [7, 11) is 0. The highest BCUT2D eigenvalue weighted by molar-refractivity contribution is 6.04. The molecule has 8 aromatic heterocycles. The number of rotatable bonds is 9. The van der Waals surface area contributed by atoms with Gasteiger partial charge in [-0.25, -0.2) is 68.6 Å². The second kappa shape index (κ2) is 37.1. The molecule has 0 saturated heterocycles. The molecule has 6 aromatic carbocycles. The number of fused-ring (bicyclic) bond motifs is 15. The third kappa shape index (κ3) is 16.4. The van der Waals surface area contributed by atoms with Crippen LogP contribution in [-0.2, 0) is 66.5 Å². The van der Waals surface area contributed by atoms with Crippen molar-refractivity contribution in [3.8, 4) is 85.3 Å². The Kier molecular flexibility index (Phi) is 24.6. The van der Waals surface area contributed by atoms with Gasteiger partial charge in [0.05, 0.1) is 82.7 Å². The van der Waals surface area contributed by atoms with Crippen molar-refractivity contribution in [2.24, 2.45) is 47.3 Å². The van der Waals surface area contributed by atoms with Gasteiger partial charge in [0.1, 0.15) is 23.9 Å². The molecule has 1 fully saturated rings. The van der Waals surface area contributed by atoms with E-state index >= 15 is 0 Å². The number of pyridine rings is 3. The summed E-state index contributed by atoms with van der Waals surface area (Å²) in [6.07, 6.45) is 21.5. The molecule has 0 amide bonds. The van der Waals surface area contributed by atoms with Crippen molar-refractivity contribution in [3.05, 3.63) is 354 Å². The second-order valence-electron chi connectivity index (χ2n) is 40.6. The highest BCUT2D eigenvalue weighted by atomic mass is 19.1. The second-order valence-corrected chi connectivity index (χ2v) is 40.6. The lowest BCUT2D eigenvalue weighted by Gasteiger charge is -2.46. The van der Waals surface area contributed by atoms with Gasteiger partial charge in [-0.3, -0.25) is 15.0 Å². The predicted octanol–water partition coefficient (Wildman–Crippen LogP) is 24.4. The number of hydrogen-bond acceptors (Lipinski definition) is 18. The minimum Gasteiger partial charge on any atom is -0.474 e. The highest BCUT2D eigenvalue weighted by Gasteiger charge is 2.55. The number of hydrogen-bond donors (Lipinski definition) is 0. The minimum atomic E-state index is -0.652. The van der Waals surface area contributed by atoms with E-state index in [-0.39, 0.29) is 105 Å². The van der Waals surface area contributed by atoms with Crippen LogP contribution in [0.25, 0.3) is 132 Å². The summed E-state index contributed by atoms with van der Waals surface area (Å²) < 4.78 is 21.5. The number of ether oxygens (including phenoxy) is 1. The molecule has 0 spiro atoms. The van der Waals surface area contributed by atoms with Crippen molar-refractivity contribution in [2.45, 2.75) is 195 Å². The van der Waals surface area contributed by atoms with E-state index in [9.17, 15) is 23.6 Å². The van der Waals surface area contributed by atoms with Crippen LogP contribution in [0, 0.1) is 114 Å². The Labute approximate surface area is 825 Å². The molecular formula is C119H106FN17O5. The summed E-state index contributed by atoms with van der Waals surface area (Å²) in [6.45, 7) is 56.8. The molecule has 0 aliphatic heterocycles. The van der Waals surface area contributed by atoms with Crippen molar-refractivity contribution < 1.29 is 28.3 Å². The van der Waals surface area contributed by atoms with Gasteiger partial charge in [0.15, 0.2) is 46.4 Å². The van der Waals surface area contributed by atoms with Crippen LogP contribution in [0.15, 0.2) is 229 Å². The van der Waals surface area contributed by atoms with E-state index in [1.807, 2.05) is 140 Å². The molecule has 0 bridgehead atoms. The molecule has 0 unspecified atom stereocenters. The number of aromatic nitrogens is 13. The van der Waals surface area contributed by atoms with Crippen LogP contribution in [0.2, 0.25) is 0 Å². The van der Waals surface area contributed by atoms with Crippen molar-refractivity contribution >= 4 is 55.8 Å². The zero-order valence-electron chi connectivity index (χ0n) is 81.8. The first-order chi connectivity index (χ1) is 68.4. The molecular weight excluding hydrogens is 1770 g/mol. The average Bonchev–Trinajstić information content (AvgIpc) is 0.831. The number of carbonyl (C=O) groups is 4. The number of allylic oxidation sites excluding steroid dienone is 8. The molecule has 1 saturated carbocycles. The Morgan fingerprint density at radius 1 is 0.352 bits per heavy atom. The van der Waals surface area contributed by atoms with Crippen LogP contribution in [0.1, 0.15) is 180 Å². The normalized spacial score (nSPS) is 23.8. The summed E-state index contributed by atoms with van der Waals surface area (Å²) in [5.41, 5.74) is 22.1. The highest BCUT2D eigenvalue weighted by Crippen LogP contribution is 2.57. The van der Waals surface area contributed by atoms with E-state index in [1.165, 1.54) is 36.4 Å². The molecule has 14 aromatic rings. The van der Waals surface area contributed by atoms with Crippen molar-refractivity contribution in [1.82, 2.24) is 64.8 Å². The smallest absolute Gasteiger partial charge is 0.226 e. The van der Waals surface area contributed by atoms with E-state index in [4.69, 9.17) is 80.9 Å². The van der Waals surface area contributed by atoms with Crippen LogP contribution in [0.3, 0.4) is 0 Å². The lowest BCUT2D eigenvalue weighted by molar-refractivity contribution is -0.122. The number of ketones is 4. The van der Waals surface area contributed by atoms with E-state index in [1.54, 1.807) is 36.5 Å². The van der Waals surface area contributed by atoms with E-state index in [0.717, 1.165) is 192 Å². The number of halogens is 1. The number of benzene rings is 6. The summed E-state index contributed by atoms with van der Waals surface area (Å²) >= 11 is 0. The van der Waals surface area contributed by atoms with E-state index < -0.39 is 21.7 Å². The molecule has 22 nitrogen and oxygen atoms in total. The number of carbonyl (C=O) groups excluding carboxylic acids is 4. The molecule has 23 rings (SSSR count). The van der Waals surface area contributed by atoms with Crippen LogP contribution < -0.4 is 4.74 Å². The topological polar surface area (TPSA) is 263 Å². The van der Waals surface area contributed by atoms with Gasteiger partial charge in [0.25, 0.3) is 0 Å². The van der Waals surface area contributed by atoms with Crippen molar-refractivity contribution in [3.63, 3.8) is 0 Å². The molecule has 142 heavy (non-hydrogen) atoms. The van der Waals surface area contributed by atoms with Crippen LogP contribution in [-0.4, -0.2) is 94.0 Å². The zero-order valence-corrected chi connectivity index (χ0v) is 81.8. The van der Waals surface area contributed by atoms with Gasteiger partial charge in [-0.05, 0) is 196 Å². The molecule has 0 N–H and O–H groups in total. The summed E-state index contributed by atoms with van der Waals surface area (Å²) in [5, 5.41) is 3.00. The number of Topliss-reactive ketones (excluding diaryl/α,β-unsaturated/α-hetero) is 4. The Morgan fingerprint density at radius 2 is 0.761 bits per heavy atom. The maximum Gasteiger partial charge on any atom is 0.226 e. The van der Waals surface area contributed by atoms with E-state index in [2.05, 4.69) is 142 Å². The van der Waals surface area contributed by atoms with Crippen molar-refractivity contribution in [2.75, 3.05) is 0 Å². The van der Waals surface area contributed by atoms with Gasteiger partial charge in [-0.2, -0.15) is 4.98 Å². The Morgan fingerprint density at radius 3 is 1.23 bits per heavy atom. The summed E-state index contributed by atoms with van der Waals surface area (Å²) in [4.78, 5) is 129. The monoisotopic (exact) mass is 1870 g/mol. The number of nitrogens with zero attached hydrogens (tertiary/aromatic N) is 17. The van der Waals surface area contributed by atoms with Gasteiger partial charge in [-0.1, -0.05) is 200 Å². The Bertz CT molecular complexity index is 7980. The lowest BCUT2D eigenvalue weighted by atomic mass is 9.58. The molecule has 704 valence electrons. The lowest BCUT2D eigenvalue weighted by Crippen LogP contribution is -2.46. The van der Waals surface area contributed by atoms with Crippen LogP contribution >= 0.6 is 0 Å². The maximum absolute atomic E-state index is 14.9. The summed E-state index contributed by atoms with van der Waals surface area (Å²) in [5.74, 6) is 1.61. The Hall–Kier alpha value is -15.7. The fraction of sp³-hybridized carbons (Fsp3) is 0.319. The van der Waals surface area contributed by atoms with Crippen LogP contribution in [0.4, 0.5) is 4.39 Å². The first kappa shape index (κ1) is 93.9. The number of para-hydroxylation sites is 3. The molecule has 8 heterocycles. The van der Waals surface area contributed by atoms with Gasteiger partial charge < -0.3 is 23.9 Å². The quantitative estimate of drug-likeness (QED) is 0.122. The average molecular weight is 1870 g/mol. The van der Waals surface area contributed by atoms with Crippen LogP contribution in [0.5, 0.6) is 5.88 Å². The molecule has 0 radical (unpaired) electrons. The third-order valence-electron chi connectivity index (χ3n) is 31.7. The van der Waals surface area contributed by atoms with Crippen molar-refractivity contribution in [1.29, 1.82) is 0 Å². The minimum absolute atomic E-state index is 0.00800. The number of aryl methyl sites for hydroxylation is 5. The fourth-order valence-electron chi connectivity index (χ4n) is 24.4. The standard InChI is InChI=1S/2C32H28N4O.C29H28N4O2.C26H22FN5O/c1-18-9-8-10-21(15-18)28-23-13-14-25-20(3)29(37)27(33-5)17-32(25,4)30(23)36-31(35-28)24-16-19(2)34-26-12-7-6-11-22(24)26;1-18-10-12-21(13-11-18)28-23-14-15-25-20(3)29(37)27(33-5)17-32(25,4)30(23)36-31(35-28)24-16-19(2)34-26-9-7-6-8-22(24)26;1-17-22-13-12-21-26(29(22,2)16-24(30-3)25(17)34)32-27(33-28(21)35-18-8-4-5-9-18)20-14-15-31-23-11-7-6-10-19(20)23;1-14-11-20(30-13-29-14)25-31-22(16-7-5-6-8-19(16)27)17-9-10-18-15(2)23(33)21(28-4)12-26(18,3)24(17)32-25/h6-12,15-17,20,25H,13-14H2,1-4H3;6-13,16-17,20,25H,14-15H2,1-4H3;6-7,10-11,14-18,22H,4-5,8-9,12-13H2,1-2H3;5-8,11-13,15,18H,9-10H2,1-3H3/t2*20-,25-,32-;17-,22-,29-;15-,18-,26-/m1111/s1. The zero-order chi connectivity index (χ0) is 99.3. The largest absolute Gasteiger partial charge is 0.474 e. The first-order valence-corrected chi connectivity index (χ1v) is 49.1. The van der Waals surface area contributed by atoms with E-state index in [0.29, 0.717) is 52.5 Å². The maximum atomic E-state index is 14.9. The predicted molar refractivity (Wildman–Crippen MR) is 546 cm³/mol.